The van der Waals surface area contributed by atoms with E-state index < -0.39 is 0 Å². The van der Waals surface area contributed by atoms with E-state index in [4.69, 9.17) is 0 Å². The van der Waals surface area contributed by atoms with Crippen LogP contribution in [0.25, 0.3) is 10.9 Å². The highest BCUT2D eigenvalue weighted by Gasteiger charge is 2.20. The molecular formula is C23H28N4O. The lowest BCUT2D eigenvalue weighted by Crippen LogP contribution is -2.52. The lowest BCUT2D eigenvalue weighted by Gasteiger charge is -2.36. The van der Waals surface area contributed by atoms with Crippen molar-refractivity contribution >= 4 is 22.6 Å². The topological polar surface area (TPSA) is 40.5 Å². The van der Waals surface area contributed by atoms with E-state index >= 15 is 0 Å². The Hall–Kier alpha value is -2.95. The van der Waals surface area contributed by atoms with Crippen molar-refractivity contribution in [2.45, 2.75) is 19.9 Å². The number of carbonyl (C=O) groups is 1. The Morgan fingerprint density at radius 1 is 1.00 bits per heavy atom. The van der Waals surface area contributed by atoms with Crippen molar-refractivity contribution in [3.63, 3.8) is 0 Å². The van der Waals surface area contributed by atoms with Gasteiger partial charge in [0.05, 0.1) is 0 Å². The van der Waals surface area contributed by atoms with Crippen LogP contribution in [0.15, 0.2) is 60.8 Å². The summed E-state index contributed by atoms with van der Waals surface area (Å²) >= 11 is 0. The van der Waals surface area contributed by atoms with Crippen molar-refractivity contribution in [2.75, 3.05) is 37.6 Å². The van der Waals surface area contributed by atoms with Crippen molar-refractivity contribution in [2.24, 2.45) is 0 Å². The molecule has 0 aliphatic carbocycles. The van der Waals surface area contributed by atoms with E-state index in [0.29, 0.717) is 6.54 Å². The van der Waals surface area contributed by atoms with E-state index in [-0.39, 0.29) is 6.03 Å². The third-order valence-electron chi connectivity index (χ3n) is 5.47. The number of rotatable bonds is 5. The lowest BCUT2D eigenvalue weighted by atomic mass is 10.2. The van der Waals surface area contributed by atoms with Crippen molar-refractivity contribution in [1.29, 1.82) is 0 Å². The SMILES string of the molecule is Cc1cccc(N2CCN(C(=O)NCCCn3ccc4ccccc43)CC2)c1. The van der Waals surface area contributed by atoms with E-state index in [9.17, 15) is 4.79 Å². The molecule has 2 aromatic carbocycles. The quantitative estimate of drug-likeness (QED) is 0.687. The van der Waals surface area contributed by atoms with E-state index in [1.54, 1.807) is 0 Å². The van der Waals surface area contributed by atoms with Gasteiger partial charge in [-0.3, -0.25) is 0 Å². The molecule has 3 aromatic rings. The van der Waals surface area contributed by atoms with E-state index in [2.05, 4.69) is 82.5 Å². The summed E-state index contributed by atoms with van der Waals surface area (Å²) in [7, 11) is 0. The number of hydrogen-bond donors (Lipinski definition) is 1. The average molecular weight is 377 g/mol. The number of para-hydroxylation sites is 1. The van der Waals surface area contributed by atoms with E-state index in [0.717, 1.165) is 39.1 Å². The molecule has 0 bridgehead atoms. The van der Waals surface area contributed by atoms with Gasteiger partial charge in [0, 0.05) is 56.7 Å². The molecule has 1 aliphatic rings. The van der Waals surface area contributed by atoms with Crippen molar-refractivity contribution < 1.29 is 4.79 Å². The Bertz CT molecular complexity index is 940. The minimum absolute atomic E-state index is 0.0567. The highest BCUT2D eigenvalue weighted by Crippen LogP contribution is 2.18. The minimum atomic E-state index is 0.0567. The summed E-state index contributed by atoms with van der Waals surface area (Å²) in [5, 5.41) is 4.34. The number of aryl methyl sites for hydroxylation is 2. The Morgan fingerprint density at radius 2 is 1.82 bits per heavy atom. The average Bonchev–Trinajstić information content (AvgIpc) is 3.14. The summed E-state index contributed by atoms with van der Waals surface area (Å²) in [4.78, 5) is 16.7. The van der Waals surface area contributed by atoms with Gasteiger partial charge >= 0.3 is 6.03 Å². The highest BCUT2D eigenvalue weighted by atomic mass is 16.2. The summed E-state index contributed by atoms with van der Waals surface area (Å²) in [5.74, 6) is 0. The molecule has 0 spiro atoms. The fourth-order valence-corrected chi connectivity index (χ4v) is 3.88. The van der Waals surface area contributed by atoms with Crippen LogP contribution >= 0.6 is 0 Å². The van der Waals surface area contributed by atoms with Gasteiger partial charge in [-0.2, -0.15) is 0 Å². The number of aromatic nitrogens is 1. The molecule has 0 radical (unpaired) electrons. The molecule has 0 unspecified atom stereocenters. The number of fused-ring (bicyclic) bond motifs is 1. The molecule has 1 aliphatic heterocycles. The number of benzene rings is 2. The number of hydrogen-bond acceptors (Lipinski definition) is 2. The second-order valence-electron chi connectivity index (χ2n) is 7.47. The molecule has 0 atom stereocenters. The summed E-state index contributed by atoms with van der Waals surface area (Å²) in [6, 6.07) is 19.2. The molecule has 146 valence electrons. The third kappa shape index (κ3) is 4.14. The summed E-state index contributed by atoms with van der Waals surface area (Å²) < 4.78 is 2.25. The molecule has 1 N–H and O–H groups in total. The zero-order valence-corrected chi connectivity index (χ0v) is 16.5. The molecule has 1 saturated heterocycles. The van der Waals surface area contributed by atoms with Gasteiger partial charge in [0.1, 0.15) is 0 Å². The van der Waals surface area contributed by atoms with Crippen molar-refractivity contribution in [3.8, 4) is 0 Å². The Morgan fingerprint density at radius 3 is 2.64 bits per heavy atom. The van der Waals surface area contributed by atoms with Gasteiger partial charge in [0.25, 0.3) is 0 Å². The first-order chi connectivity index (χ1) is 13.7. The van der Waals surface area contributed by atoms with Gasteiger partial charge in [0.15, 0.2) is 0 Å². The van der Waals surface area contributed by atoms with Gasteiger partial charge in [-0.25, -0.2) is 4.79 Å². The summed E-state index contributed by atoms with van der Waals surface area (Å²) in [6.45, 7) is 7.02. The molecule has 1 aromatic heterocycles. The standard InChI is InChI=1S/C23H28N4O/c1-19-6-4-8-21(18-19)25-14-16-27(17-15-25)23(28)24-11-5-12-26-13-10-20-7-2-3-9-22(20)26/h2-4,6-10,13,18H,5,11-12,14-17H2,1H3,(H,24,28). The normalized spacial score (nSPS) is 14.5. The van der Waals surface area contributed by atoms with Gasteiger partial charge in [-0.15, -0.1) is 0 Å². The number of piperazine rings is 1. The molecule has 2 amide bonds. The lowest BCUT2D eigenvalue weighted by molar-refractivity contribution is 0.194. The zero-order valence-electron chi connectivity index (χ0n) is 16.5. The summed E-state index contributed by atoms with van der Waals surface area (Å²) in [6.07, 6.45) is 3.05. The Labute approximate surface area is 166 Å². The molecule has 5 heteroatoms. The van der Waals surface area contributed by atoms with Gasteiger partial charge < -0.3 is 19.7 Å². The van der Waals surface area contributed by atoms with Crippen LogP contribution in [-0.4, -0.2) is 48.2 Å². The van der Waals surface area contributed by atoms with Crippen LogP contribution in [0.2, 0.25) is 0 Å². The molecule has 4 rings (SSSR count). The molecular weight excluding hydrogens is 348 g/mol. The van der Waals surface area contributed by atoms with E-state index in [1.165, 1.54) is 22.2 Å². The molecule has 1 fully saturated rings. The second kappa shape index (κ2) is 8.38. The van der Waals surface area contributed by atoms with E-state index in [1.807, 2.05) is 4.90 Å². The Balaban J connectivity index is 1.21. The fraction of sp³-hybridized carbons (Fsp3) is 0.348. The van der Waals surface area contributed by atoms with Crippen molar-refractivity contribution in [3.05, 3.63) is 66.4 Å². The van der Waals surface area contributed by atoms with Crippen molar-refractivity contribution in [1.82, 2.24) is 14.8 Å². The number of anilines is 1. The predicted octanol–water partition coefficient (Wildman–Crippen LogP) is 3.87. The number of nitrogens with zero attached hydrogens (tertiary/aromatic N) is 3. The first-order valence-corrected chi connectivity index (χ1v) is 10.1. The van der Waals surface area contributed by atoms with Gasteiger partial charge in [-0.1, -0.05) is 30.3 Å². The maximum absolute atomic E-state index is 12.5. The summed E-state index contributed by atoms with van der Waals surface area (Å²) in [5.41, 5.74) is 3.77. The maximum atomic E-state index is 12.5. The molecule has 0 saturated carbocycles. The van der Waals surface area contributed by atoms with Crippen LogP contribution in [-0.2, 0) is 6.54 Å². The highest BCUT2D eigenvalue weighted by molar-refractivity contribution is 5.79. The molecule has 2 heterocycles. The van der Waals surface area contributed by atoms with Gasteiger partial charge in [0.2, 0.25) is 0 Å². The van der Waals surface area contributed by atoms with Crippen LogP contribution in [0.4, 0.5) is 10.5 Å². The predicted molar refractivity (Wildman–Crippen MR) is 115 cm³/mol. The van der Waals surface area contributed by atoms with Crippen LogP contribution in [0.1, 0.15) is 12.0 Å². The largest absolute Gasteiger partial charge is 0.368 e. The number of urea groups is 1. The number of nitrogens with one attached hydrogen (secondary N) is 1. The first-order valence-electron chi connectivity index (χ1n) is 10.1. The Kier molecular flexibility index (Phi) is 5.51. The third-order valence-corrected chi connectivity index (χ3v) is 5.47. The first kappa shape index (κ1) is 18.4. The zero-order chi connectivity index (χ0) is 19.3. The van der Waals surface area contributed by atoms with Gasteiger partial charge in [-0.05, 0) is 48.6 Å². The molecule has 28 heavy (non-hydrogen) atoms. The number of carbonyl (C=O) groups excluding carboxylic acids is 1. The maximum Gasteiger partial charge on any atom is 0.317 e. The van der Waals surface area contributed by atoms with Crippen LogP contribution in [0.5, 0.6) is 0 Å². The monoisotopic (exact) mass is 376 g/mol. The minimum Gasteiger partial charge on any atom is -0.368 e. The van der Waals surface area contributed by atoms with Crippen LogP contribution in [0, 0.1) is 6.92 Å². The second-order valence-corrected chi connectivity index (χ2v) is 7.47. The fourth-order valence-electron chi connectivity index (χ4n) is 3.88. The number of amides is 2. The van der Waals surface area contributed by atoms with Crippen LogP contribution < -0.4 is 10.2 Å². The smallest absolute Gasteiger partial charge is 0.317 e. The van der Waals surface area contributed by atoms with Crippen LogP contribution in [0.3, 0.4) is 0 Å². The molecule has 5 nitrogen and oxygen atoms in total.